The number of esters is 1. The average molecular weight is 338 g/mol. The molecule has 0 atom stereocenters. The summed E-state index contributed by atoms with van der Waals surface area (Å²) >= 11 is 0. The summed E-state index contributed by atoms with van der Waals surface area (Å²) in [6, 6.07) is 17.8. The molecule has 0 N–H and O–H groups in total. The van der Waals surface area contributed by atoms with Crippen LogP contribution in [0.5, 0.6) is 5.75 Å². The number of unbranched alkanes of at least 4 members (excludes halogenated alkanes) is 1. The summed E-state index contributed by atoms with van der Waals surface area (Å²) in [5.41, 5.74) is 2.07. The summed E-state index contributed by atoms with van der Waals surface area (Å²) in [6.07, 6.45) is 1.73. The Morgan fingerprint density at radius 2 is 1.80 bits per heavy atom. The molecular weight excluding hydrogens is 316 g/mol. The highest BCUT2D eigenvalue weighted by Gasteiger charge is 2.11. The van der Waals surface area contributed by atoms with Crippen molar-refractivity contribution in [2.75, 3.05) is 6.61 Å². The second-order valence-electron chi connectivity index (χ2n) is 5.82. The third kappa shape index (κ3) is 4.59. The van der Waals surface area contributed by atoms with Gasteiger partial charge in [-0.15, -0.1) is 0 Å². The number of carbonyl (C=O) groups is 1. The molecule has 0 saturated carbocycles. The van der Waals surface area contributed by atoms with E-state index in [0.717, 1.165) is 42.0 Å². The first kappa shape index (κ1) is 17.0. The molecule has 0 bridgehead atoms. The van der Waals surface area contributed by atoms with Gasteiger partial charge in [-0.25, -0.2) is 4.98 Å². The fourth-order valence-electron chi connectivity index (χ4n) is 2.74. The highest BCUT2D eigenvalue weighted by atomic mass is 16.5. The van der Waals surface area contributed by atoms with E-state index >= 15 is 0 Å². The van der Waals surface area contributed by atoms with Crippen molar-refractivity contribution in [3.8, 4) is 5.75 Å². The van der Waals surface area contributed by atoms with Gasteiger partial charge in [0.25, 0.3) is 0 Å². The number of carbonyl (C=O) groups excluding carboxylic acids is 1. The van der Waals surface area contributed by atoms with Gasteiger partial charge < -0.3 is 14.0 Å². The lowest BCUT2D eigenvalue weighted by Crippen LogP contribution is -2.09. The molecule has 2 aromatic carbocycles. The number of benzene rings is 2. The van der Waals surface area contributed by atoms with Crippen molar-refractivity contribution in [3.63, 3.8) is 0 Å². The van der Waals surface area contributed by atoms with Gasteiger partial charge in [0.2, 0.25) is 0 Å². The first-order valence-corrected chi connectivity index (χ1v) is 8.49. The quantitative estimate of drug-likeness (QED) is 0.461. The maximum atomic E-state index is 10.8. The van der Waals surface area contributed by atoms with Crippen LogP contribution >= 0.6 is 0 Å². The molecule has 0 aliphatic carbocycles. The summed E-state index contributed by atoms with van der Waals surface area (Å²) < 4.78 is 13.1. The van der Waals surface area contributed by atoms with E-state index in [1.54, 1.807) is 0 Å². The normalized spacial score (nSPS) is 10.8. The molecule has 5 heteroatoms. The molecule has 0 fully saturated rings. The molecule has 0 saturated heterocycles. The van der Waals surface area contributed by atoms with Crippen molar-refractivity contribution in [1.82, 2.24) is 9.55 Å². The molecule has 5 nitrogen and oxygen atoms in total. The average Bonchev–Trinajstić information content (AvgIpc) is 2.98. The molecule has 0 spiro atoms. The van der Waals surface area contributed by atoms with E-state index in [9.17, 15) is 4.79 Å². The highest BCUT2D eigenvalue weighted by Crippen LogP contribution is 2.19. The van der Waals surface area contributed by atoms with Crippen LogP contribution in [0.15, 0.2) is 54.6 Å². The fourth-order valence-corrected chi connectivity index (χ4v) is 2.74. The summed E-state index contributed by atoms with van der Waals surface area (Å²) in [7, 11) is 0. The van der Waals surface area contributed by atoms with Crippen LogP contribution in [0.2, 0.25) is 0 Å². The second-order valence-corrected chi connectivity index (χ2v) is 5.82. The SMILES string of the molecule is CC(=O)OCCCCn1c(COc2ccccc2)nc2ccccc21. The zero-order valence-electron chi connectivity index (χ0n) is 14.4. The van der Waals surface area contributed by atoms with Gasteiger partial charge in [-0.2, -0.15) is 0 Å². The van der Waals surface area contributed by atoms with E-state index in [1.165, 1.54) is 6.92 Å². The van der Waals surface area contributed by atoms with Gasteiger partial charge in [-0.05, 0) is 37.1 Å². The van der Waals surface area contributed by atoms with Gasteiger partial charge in [-0.1, -0.05) is 30.3 Å². The predicted molar refractivity (Wildman–Crippen MR) is 96.4 cm³/mol. The van der Waals surface area contributed by atoms with E-state index in [0.29, 0.717) is 13.2 Å². The largest absolute Gasteiger partial charge is 0.486 e. The van der Waals surface area contributed by atoms with Crippen LogP contribution in [0.1, 0.15) is 25.6 Å². The zero-order chi connectivity index (χ0) is 17.5. The molecule has 25 heavy (non-hydrogen) atoms. The van der Waals surface area contributed by atoms with E-state index in [-0.39, 0.29) is 5.97 Å². The van der Waals surface area contributed by atoms with Crippen LogP contribution in [-0.4, -0.2) is 22.1 Å². The minimum atomic E-state index is -0.231. The maximum Gasteiger partial charge on any atom is 0.302 e. The Labute approximate surface area is 147 Å². The van der Waals surface area contributed by atoms with Gasteiger partial charge in [0.15, 0.2) is 0 Å². The first-order valence-electron chi connectivity index (χ1n) is 8.49. The molecule has 0 aliphatic rings. The number of rotatable bonds is 8. The van der Waals surface area contributed by atoms with Gasteiger partial charge >= 0.3 is 5.97 Å². The summed E-state index contributed by atoms with van der Waals surface area (Å²) in [5.74, 6) is 1.50. The number of hydrogen-bond acceptors (Lipinski definition) is 4. The minimum Gasteiger partial charge on any atom is -0.486 e. The van der Waals surface area contributed by atoms with E-state index in [4.69, 9.17) is 14.5 Å². The fraction of sp³-hybridized carbons (Fsp3) is 0.300. The van der Waals surface area contributed by atoms with Crippen molar-refractivity contribution in [2.45, 2.75) is 32.9 Å². The number of ether oxygens (including phenoxy) is 2. The summed E-state index contributed by atoms with van der Waals surface area (Å²) in [6.45, 7) is 3.12. The van der Waals surface area contributed by atoms with Crippen molar-refractivity contribution in [3.05, 3.63) is 60.4 Å². The predicted octanol–water partition coefficient (Wildman–Crippen LogP) is 3.96. The van der Waals surface area contributed by atoms with Crippen molar-refractivity contribution in [2.24, 2.45) is 0 Å². The number of aryl methyl sites for hydroxylation is 1. The number of nitrogens with zero attached hydrogens (tertiary/aromatic N) is 2. The number of aromatic nitrogens is 2. The smallest absolute Gasteiger partial charge is 0.302 e. The highest BCUT2D eigenvalue weighted by molar-refractivity contribution is 5.75. The second kappa shape index (κ2) is 8.33. The van der Waals surface area contributed by atoms with Crippen LogP contribution in [0, 0.1) is 0 Å². The lowest BCUT2D eigenvalue weighted by Gasteiger charge is -2.10. The standard InChI is InChI=1S/C20H22N2O3/c1-16(23)24-14-8-7-13-22-19-12-6-5-11-18(19)21-20(22)15-25-17-9-3-2-4-10-17/h2-6,9-12H,7-8,13-15H2,1H3. The summed E-state index contributed by atoms with van der Waals surface area (Å²) in [4.78, 5) is 15.5. The Morgan fingerprint density at radius 3 is 2.60 bits per heavy atom. The van der Waals surface area contributed by atoms with Crippen molar-refractivity contribution < 1.29 is 14.3 Å². The van der Waals surface area contributed by atoms with Gasteiger partial charge in [0.1, 0.15) is 18.2 Å². The molecular formula is C20H22N2O3. The number of fused-ring (bicyclic) bond motifs is 1. The van der Waals surface area contributed by atoms with Crippen molar-refractivity contribution in [1.29, 1.82) is 0 Å². The number of imidazole rings is 1. The minimum absolute atomic E-state index is 0.231. The van der Waals surface area contributed by atoms with Crippen LogP contribution in [-0.2, 0) is 22.7 Å². The Morgan fingerprint density at radius 1 is 1.04 bits per heavy atom. The van der Waals surface area contributed by atoms with Gasteiger partial charge in [-0.3, -0.25) is 4.79 Å². The van der Waals surface area contributed by atoms with Crippen LogP contribution < -0.4 is 4.74 Å². The Balaban J connectivity index is 1.69. The molecule has 0 amide bonds. The lowest BCUT2D eigenvalue weighted by atomic mass is 10.3. The molecule has 0 unspecified atom stereocenters. The van der Waals surface area contributed by atoms with Crippen LogP contribution in [0.3, 0.4) is 0 Å². The molecule has 130 valence electrons. The topological polar surface area (TPSA) is 53.4 Å². The number of para-hydroxylation sites is 3. The first-order chi connectivity index (χ1) is 12.2. The monoisotopic (exact) mass is 338 g/mol. The third-order valence-electron chi connectivity index (χ3n) is 3.93. The third-order valence-corrected chi connectivity index (χ3v) is 3.93. The molecule has 0 radical (unpaired) electrons. The van der Waals surface area contributed by atoms with Gasteiger partial charge in [0.05, 0.1) is 17.6 Å². The van der Waals surface area contributed by atoms with E-state index < -0.39 is 0 Å². The molecule has 3 aromatic rings. The Bertz CT molecular complexity index is 827. The Kier molecular flexibility index (Phi) is 5.67. The Hall–Kier alpha value is -2.82. The van der Waals surface area contributed by atoms with E-state index in [2.05, 4.69) is 10.6 Å². The molecule has 0 aliphatic heterocycles. The van der Waals surface area contributed by atoms with Crippen LogP contribution in [0.4, 0.5) is 0 Å². The number of hydrogen-bond donors (Lipinski definition) is 0. The molecule has 1 heterocycles. The van der Waals surface area contributed by atoms with E-state index in [1.807, 2.05) is 48.5 Å². The maximum absolute atomic E-state index is 10.8. The van der Waals surface area contributed by atoms with Crippen molar-refractivity contribution >= 4 is 17.0 Å². The zero-order valence-corrected chi connectivity index (χ0v) is 14.4. The van der Waals surface area contributed by atoms with Gasteiger partial charge in [0, 0.05) is 13.5 Å². The molecule has 3 rings (SSSR count). The van der Waals surface area contributed by atoms with Crippen LogP contribution in [0.25, 0.3) is 11.0 Å². The summed E-state index contributed by atoms with van der Waals surface area (Å²) in [5, 5.41) is 0. The molecule has 1 aromatic heterocycles. The lowest BCUT2D eigenvalue weighted by molar-refractivity contribution is -0.141.